The summed E-state index contributed by atoms with van der Waals surface area (Å²) in [4.78, 5) is 12.2. The van der Waals surface area contributed by atoms with Crippen LogP contribution in [0.3, 0.4) is 0 Å². The van der Waals surface area contributed by atoms with E-state index in [9.17, 15) is 4.79 Å². The van der Waals surface area contributed by atoms with Crippen LogP contribution in [0.15, 0.2) is 38.4 Å². The van der Waals surface area contributed by atoms with Gasteiger partial charge >= 0.3 is 0 Å². The summed E-state index contributed by atoms with van der Waals surface area (Å²) in [5.41, 5.74) is 0.848. The van der Waals surface area contributed by atoms with Crippen LogP contribution in [0.25, 0.3) is 11.5 Å². The van der Waals surface area contributed by atoms with E-state index < -0.39 is 0 Å². The van der Waals surface area contributed by atoms with Gasteiger partial charge in [-0.05, 0) is 40.9 Å². The summed E-state index contributed by atoms with van der Waals surface area (Å²) in [5.74, 6) is 0.792. The first kappa shape index (κ1) is 18.5. The topological polar surface area (TPSA) is 68.0 Å². The van der Waals surface area contributed by atoms with Gasteiger partial charge in [0.2, 0.25) is 11.8 Å². The molecule has 5 nitrogen and oxygen atoms in total. The second-order valence-corrected chi connectivity index (χ2v) is 8.03. The quantitative estimate of drug-likeness (QED) is 0.697. The second-order valence-electron chi connectivity index (χ2n) is 6.25. The summed E-state index contributed by atoms with van der Waals surface area (Å²) in [6.45, 7) is 0. The van der Waals surface area contributed by atoms with Crippen molar-refractivity contribution >= 4 is 33.6 Å². The molecular weight excluding hydrogens is 402 g/mol. The summed E-state index contributed by atoms with van der Waals surface area (Å²) < 4.78 is 6.56. The van der Waals surface area contributed by atoms with E-state index in [2.05, 4.69) is 31.4 Å². The molecule has 25 heavy (non-hydrogen) atoms. The number of benzene rings is 1. The maximum Gasteiger partial charge on any atom is 0.277 e. The van der Waals surface area contributed by atoms with Gasteiger partial charge in [0.15, 0.2) is 0 Å². The van der Waals surface area contributed by atoms with Gasteiger partial charge in [0, 0.05) is 10.5 Å². The number of carbonyl (C=O) groups excluding carboxylic acids is 1. The van der Waals surface area contributed by atoms with E-state index in [1.165, 1.54) is 43.9 Å². The van der Waals surface area contributed by atoms with Crippen LogP contribution < -0.4 is 5.32 Å². The summed E-state index contributed by atoms with van der Waals surface area (Å²) in [5, 5.41) is 11.7. The van der Waals surface area contributed by atoms with Gasteiger partial charge in [-0.1, -0.05) is 56.0 Å². The first-order valence-electron chi connectivity index (χ1n) is 8.73. The van der Waals surface area contributed by atoms with E-state index in [0.717, 1.165) is 22.9 Å². The van der Waals surface area contributed by atoms with Crippen molar-refractivity contribution in [1.82, 2.24) is 15.5 Å². The summed E-state index contributed by atoms with van der Waals surface area (Å²) in [7, 11) is 0. The van der Waals surface area contributed by atoms with Gasteiger partial charge in [0.25, 0.3) is 5.22 Å². The average molecular weight is 424 g/mol. The predicted molar refractivity (Wildman–Crippen MR) is 102 cm³/mol. The Hall–Kier alpha value is -1.34. The Morgan fingerprint density at radius 1 is 1.16 bits per heavy atom. The van der Waals surface area contributed by atoms with Gasteiger partial charge in [-0.3, -0.25) is 4.79 Å². The summed E-state index contributed by atoms with van der Waals surface area (Å²) in [6.07, 6.45) is 8.47. The van der Waals surface area contributed by atoms with Crippen molar-refractivity contribution in [1.29, 1.82) is 0 Å². The highest BCUT2D eigenvalue weighted by Crippen LogP contribution is 2.29. The zero-order valence-corrected chi connectivity index (χ0v) is 16.4. The zero-order valence-electron chi connectivity index (χ0n) is 14.0. The lowest BCUT2D eigenvalue weighted by Gasteiger charge is -2.20. The van der Waals surface area contributed by atoms with Crippen LogP contribution in [0, 0.1) is 0 Å². The monoisotopic (exact) mass is 423 g/mol. The lowest BCUT2D eigenvalue weighted by molar-refractivity contribution is -0.119. The molecule has 1 fully saturated rings. The number of carbonyl (C=O) groups is 1. The highest BCUT2D eigenvalue weighted by molar-refractivity contribution is 9.10. The zero-order chi connectivity index (χ0) is 17.5. The molecule has 0 radical (unpaired) electrons. The smallest absolute Gasteiger partial charge is 0.277 e. The van der Waals surface area contributed by atoms with E-state index in [0.29, 0.717) is 22.9 Å². The Balaban J connectivity index is 1.50. The van der Waals surface area contributed by atoms with Crippen LogP contribution in [0.5, 0.6) is 0 Å². The molecule has 134 valence electrons. The molecule has 1 aliphatic carbocycles. The second kappa shape index (κ2) is 9.38. The van der Waals surface area contributed by atoms with E-state index in [4.69, 9.17) is 4.42 Å². The van der Waals surface area contributed by atoms with Gasteiger partial charge in [-0.15, -0.1) is 10.2 Å². The Kier molecular flexibility index (Phi) is 6.93. The molecule has 0 bridgehead atoms. The highest BCUT2D eigenvalue weighted by Gasteiger charge is 2.16. The number of hydrogen-bond donors (Lipinski definition) is 1. The third kappa shape index (κ3) is 5.57. The average Bonchev–Trinajstić information content (AvgIpc) is 3.04. The first-order valence-corrected chi connectivity index (χ1v) is 10.5. The molecule has 1 aromatic heterocycles. The molecule has 0 unspecified atom stereocenters. The molecular formula is C18H22BrN3O2S. The standard InChI is InChI=1S/C18H22BrN3O2S/c19-15-11-7-6-10-14(15)17-21-22-18(24-17)25-12-16(23)20-13-8-4-2-1-3-5-9-13/h6-7,10-11,13H,1-5,8-9,12H2,(H,20,23). The van der Waals surface area contributed by atoms with Crippen LogP contribution in [0.4, 0.5) is 0 Å². The normalized spacial score (nSPS) is 16.2. The Labute approximate surface area is 160 Å². The van der Waals surface area contributed by atoms with E-state index in [1.807, 2.05) is 24.3 Å². The van der Waals surface area contributed by atoms with E-state index >= 15 is 0 Å². The van der Waals surface area contributed by atoms with Crippen molar-refractivity contribution in [2.75, 3.05) is 5.75 Å². The van der Waals surface area contributed by atoms with Crippen LogP contribution in [0.2, 0.25) is 0 Å². The number of nitrogens with one attached hydrogen (secondary N) is 1. The fraction of sp³-hybridized carbons (Fsp3) is 0.500. The van der Waals surface area contributed by atoms with Gasteiger partial charge in [0.05, 0.1) is 11.3 Å². The highest BCUT2D eigenvalue weighted by atomic mass is 79.9. The lowest BCUT2D eigenvalue weighted by atomic mass is 9.97. The molecule has 7 heteroatoms. The number of aromatic nitrogens is 2. The first-order chi connectivity index (χ1) is 12.2. The van der Waals surface area contributed by atoms with Crippen molar-refractivity contribution in [3.63, 3.8) is 0 Å². The van der Waals surface area contributed by atoms with Crippen molar-refractivity contribution in [2.24, 2.45) is 0 Å². The molecule has 1 N–H and O–H groups in total. The third-order valence-corrected chi connectivity index (χ3v) is 5.82. The van der Waals surface area contributed by atoms with E-state index in [1.54, 1.807) is 0 Å². The molecule has 3 rings (SSSR count). The molecule has 0 saturated heterocycles. The van der Waals surface area contributed by atoms with Gasteiger partial charge in [-0.25, -0.2) is 0 Å². The molecule has 1 aliphatic rings. The minimum atomic E-state index is 0.0382. The molecule has 1 amide bonds. The van der Waals surface area contributed by atoms with Crippen molar-refractivity contribution < 1.29 is 9.21 Å². The molecule has 2 aromatic rings. The van der Waals surface area contributed by atoms with Crippen molar-refractivity contribution in [3.8, 4) is 11.5 Å². The maximum absolute atomic E-state index is 12.2. The van der Waals surface area contributed by atoms with Crippen LogP contribution >= 0.6 is 27.7 Å². The van der Waals surface area contributed by atoms with Crippen LogP contribution in [-0.4, -0.2) is 27.9 Å². The fourth-order valence-electron chi connectivity index (χ4n) is 3.01. The number of halogens is 1. The number of rotatable bonds is 5. The fourth-order valence-corrected chi connectivity index (χ4v) is 4.04. The SMILES string of the molecule is O=C(CSc1nnc(-c2ccccc2Br)o1)NC1CCCCCCC1. The van der Waals surface area contributed by atoms with Gasteiger partial charge < -0.3 is 9.73 Å². The number of hydrogen-bond acceptors (Lipinski definition) is 5. The Morgan fingerprint density at radius 3 is 2.64 bits per heavy atom. The Bertz CT molecular complexity index is 699. The molecule has 1 saturated carbocycles. The summed E-state index contributed by atoms with van der Waals surface area (Å²) >= 11 is 4.75. The molecule has 0 spiro atoms. The molecule has 1 heterocycles. The molecule has 0 aliphatic heterocycles. The van der Waals surface area contributed by atoms with Crippen molar-refractivity contribution in [3.05, 3.63) is 28.7 Å². The largest absolute Gasteiger partial charge is 0.411 e. The Morgan fingerprint density at radius 2 is 1.88 bits per heavy atom. The van der Waals surface area contributed by atoms with Crippen LogP contribution in [-0.2, 0) is 4.79 Å². The van der Waals surface area contributed by atoms with Gasteiger partial charge in [0.1, 0.15) is 0 Å². The van der Waals surface area contributed by atoms with E-state index in [-0.39, 0.29) is 5.91 Å². The minimum absolute atomic E-state index is 0.0382. The minimum Gasteiger partial charge on any atom is -0.411 e. The maximum atomic E-state index is 12.2. The van der Waals surface area contributed by atoms with Gasteiger partial charge in [-0.2, -0.15) is 0 Å². The lowest BCUT2D eigenvalue weighted by Crippen LogP contribution is -2.36. The molecule has 1 aromatic carbocycles. The predicted octanol–water partition coefficient (Wildman–Crippen LogP) is 4.82. The number of amides is 1. The number of thioether (sulfide) groups is 1. The van der Waals surface area contributed by atoms with Crippen LogP contribution in [0.1, 0.15) is 44.9 Å². The number of nitrogens with zero attached hydrogens (tertiary/aromatic N) is 2. The third-order valence-electron chi connectivity index (χ3n) is 4.31. The van der Waals surface area contributed by atoms with Crippen molar-refractivity contribution in [2.45, 2.75) is 56.2 Å². The summed E-state index contributed by atoms with van der Waals surface area (Å²) in [6, 6.07) is 7.99. The molecule has 0 atom stereocenters.